The Hall–Kier alpha value is -2.77. The molecule has 31 heavy (non-hydrogen) atoms. The molecule has 5 nitrogen and oxygen atoms in total. The number of rotatable bonds is 4. The van der Waals surface area contributed by atoms with E-state index in [1.165, 1.54) is 18.3 Å². The molecule has 0 fully saturated rings. The van der Waals surface area contributed by atoms with Gasteiger partial charge in [-0.1, -0.05) is 51.5 Å². The van der Waals surface area contributed by atoms with Crippen LogP contribution in [0.15, 0.2) is 74.1 Å². The fourth-order valence-electron chi connectivity index (χ4n) is 3.79. The lowest BCUT2D eigenvalue weighted by atomic mass is 9.93. The molecule has 2 heterocycles. The monoisotopic (exact) mass is 495 g/mol. The molecule has 1 atom stereocenters. The largest absolute Gasteiger partial charge is 0.378 e. The Kier molecular flexibility index (Phi) is 5.81. The summed E-state index contributed by atoms with van der Waals surface area (Å²) in [7, 11) is 3.95. The first-order valence-corrected chi connectivity index (χ1v) is 11.4. The number of nitrogens with zero attached hydrogens (tertiary/aromatic N) is 3. The lowest BCUT2D eigenvalue weighted by molar-refractivity contribution is -0.114. The molecule has 4 rings (SSSR count). The minimum atomic E-state index is -0.491. The molecular formula is C24H22BrN3O2S. The molecule has 0 aliphatic carbocycles. The van der Waals surface area contributed by atoms with Crippen LogP contribution in [0.25, 0.3) is 6.08 Å². The van der Waals surface area contributed by atoms with Crippen LogP contribution in [0.3, 0.4) is 0 Å². The van der Waals surface area contributed by atoms with Crippen LogP contribution >= 0.6 is 27.3 Å². The number of halogens is 1. The molecule has 3 aromatic rings. The van der Waals surface area contributed by atoms with Crippen LogP contribution in [0.4, 0.5) is 5.69 Å². The molecule has 7 heteroatoms. The molecular weight excluding hydrogens is 474 g/mol. The van der Waals surface area contributed by atoms with Gasteiger partial charge in [0, 0.05) is 35.5 Å². The number of hydrogen-bond donors (Lipinski definition) is 0. The summed E-state index contributed by atoms with van der Waals surface area (Å²) >= 11 is 4.82. The summed E-state index contributed by atoms with van der Waals surface area (Å²) < 4.78 is 3.19. The van der Waals surface area contributed by atoms with Crippen LogP contribution in [-0.2, 0) is 4.79 Å². The third-order valence-corrected chi connectivity index (χ3v) is 6.75. The summed E-state index contributed by atoms with van der Waals surface area (Å²) in [6.07, 6.45) is 1.87. The Morgan fingerprint density at radius 1 is 1.19 bits per heavy atom. The number of benzene rings is 2. The summed E-state index contributed by atoms with van der Waals surface area (Å²) in [5, 5.41) is 0. The maximum atomic E-state index is 13.5. The molecule has 0 radical (unpaired) electrons. The molecule has 0 amide bonds. The van der Waals surface area contributed by atoms with E-state index in [0.717, 1.165) is 21.3 Å². The number of hydrogen-bond acceptors (Lipinski definition) is 5. The minimum Gasteiger partial charge on any atom is -0.378 e. The standard InChI is InChI=1S/C24H22BrN3O2S/c1-14-21(15(2)29)22(17-8-10-19(11-9-17)27(3)4)28-23(30)20(31-24(28)26-14)13-16-6-5-7-18(25)12-16/h5-13,22H,1-4H3/b20-13+/t22-/m0/s1. The maximum absolute atomic E-state index is 13.5. The van der Waals surface area contributed by atoms with E-state index in [-0.39, 0.29) is 11.3 Å². The van der Waals surface area contributed by atoms with Crippen LogP contribution in [-0.4, -0.2) is 24.4 Å². The van der Waals surface area contributed by atoms with Crippen molar-refractivity contribution in [2.45, 2.75) is 19.9 Å². The van der Waals surface area contributed by atoms with Crippen LogP contribution < -0.4 is 19.8 Å². The van der Waals surface area contributed by atoms with Gasteiger partial charge in [0.15, 0.2) is 10.6 Å². The zero-order chi connectivity index (χ0) is 22.3. The van der Waals surface area contributed by atoms with Crippen molar-refractivity contribution < 1.29 is 4.79 Å². The van der Waals surface area contributed by atoms with Gasteiger partial charge >= 0.3 is 0 Å². The average Bonchev–Trinajstić information content (AvgIpc) is 3.01. The first-order chi connectivity index (χ1) is 14.8. The van der Waals surface area contributed by atoms with Gasteiger partial charge in [0.05, 0.1) is 10.6 Å². The third kappa shape index (κ3) is 4.07. The van der Waals surface area contributed by atoms with E-state index in [9.17, 15) is 9.59 Å². The zero-order valence-corrected chi connectivity index (χ0v) is 20.1. The van der Waals surface area contributed by atoms with Crippen LogP contribution in [0, 0.1) is 0 Å². The normalized spacial score (nSPS) is 16.2. The molecule has 1 aliphatic rings. The molecule has 1 aliphatic heterocycles. The Balaban J connectivity index is 1.94. The number of aromatic nitrogens is 1. The van der Waals surface area contributed by atoms with Crippen molar-refractivity contribution in [1.29, 1.82) is 0 Å². The fraction of sp³-hybridized carbons (Fsp3) is 0.208. The molecule has 0 spiro atoms. The summed E-state index contributed by atoms with van der Waals surface area (Å²) in [4.78, 5) is 33.3. The molecule has 0 bridgehead atoms. The SMILES string of the molecule is CC(=O)C1=C(C)N=c2s/c(=C/c3cccc(Br)c3)c(=O)n2[C@H]1c1ccc(N(C)C)cc1. The first kappa shape index (κ1) is 21.5. The summed E-state index contributed by atoms with van der Waals surface area (Å²) in [5.41, 5.74) is 3.94. The molecule has 1 aromatic heterocycles. The van der Waals surface area contributed by atoms with Gasteiger partial charge in [0.25, 0.3) is 5.56 Å². The van der Waals surface area contributed by atoms with Gasteiger partial charge < -0.3 is 4.90 Å². The van der Waals surface area contributed by atoms with Crippen LogP contribution in [0.2, 0.25) is 0 Å². The topological polar surface area (TPSA) is 54.7 Å². The Morgan fingerprint density at radius 3 is 2.52 bits per heavy atom. The van der Waals surface area contributed by atoms with Crippen molar-refractivity contribution in [3.05, 3.63) is 95.1 Å². The highest BCUT2D eigenvalue weighted by Crippen LogP contribution is 2.31. The molecule has 2 aromatic carbocycles. The molecule has 158 valence electrons. The van der Waals surface area contributed by atoms with Gasteiger partial charge in [-0.3, -0.25) is 14.2 Å². The highest BCUT2D eigenvalue weighted by Gasteiger charge is 2.30. The lowest BCUT2D eigenvalue weighted by Gasteiger charge is -2.25. The Labute approximate surface area is 192 Å². The number of allylic oxidation sites excluding steroid dienone is 2. The van der Waals surface area contributed by atoms with Crippen LogP contribution in [0.1, 0.15) is 31.0 Å². The molecule has 0 saturated carbocycles. The van der Waals surface area contributed by atoms with Crippen molar-refractivity contribution in [3.8, 4) is 0 Å². The second-order valence-corrected chi connectivity index (χ2v) is 9.60. The Morgan fingerprint density at radius 2 is 1.90 bits per heavy atom. The average molecular weight is 496 g/mol. The molecule has 0 N–H and O–H groups in total. The van der Waals surface area contributed by atoms with E-state index >= 15 is 0 Å². The number of fused-ring (bicyclic) bond motifs is 1. The van der Waals surface area contributed by atoms with Crippen molar-refractivity contribution >= 4 is 44.8 Å². The highest BCUT2D eigenvalue weighted by molar-refractivity contribution is 9.10. The van der Waals surface area contributed by atoms with Gasteiger partial charge in [-0.05, 0) is 55.3 Å². The number of Topliss-reactive ketones (excluding diaryl/α,β-unsaturated/α-hetero) is 1. The van der Waals surface area contributed by atoms with E-state index in [0.29, 0.717) is 20.6 Å². The number of thiazole rings is 1. The quantitative estimate of drug-likeness (QED) is 0.554. The van der Waals surface area contributed by atoms with Gasteiger partial charge in [0.1, 0.15) is 0 Å². The maximum Gasteiger partial charge on any atom is 0.271 e. The van der Waals surface area contributed by atoms with Gasteiger partial charge in [0.2, 0.25) is 0 Å². The zero-order valence-electron chi connectivity index (χ0n) is 17.7. The van der Waals surface area contributed by atoms with E-state index in [1.807, 2.05) is 80.5 Å². The number of carbonyl (C=O) groups excluding carboxylic acids is 1. The number of ketones is 1. The smallest absolute Gasteiger partial charge is 0.271 e. The highest BCUT2D eigenvalue weighted by atomic mass is 79.9. The van der Waals surface area contributed by atoms with Crippen molar-refractivity contribution in [2.75, 3.05) is 19.0 Å². The minimum absolute atomic E-state index is 0.0794. The number of anilines is 1. The molecule has 0 saturated heterocycles. The van der Waals surface area contributed by atoms with Crippen molar-refractivity contribution in [3.63, 3.8) is 0 Å². The van der Waals surface area contributed by atoms with E-state index in [1.54, 1.807) is 4.57 Å². The second kappa shape index (κ2) is 8.40. The predicted octanol–water partition coefficient (Wildman–Crippen LogP) is 3.65. The summed E-state index contributed by atoms with van der Waals surface area (Å²) in [5.74, 6) is -0.0794. The van der Waals surface area contributed by atoms with Gasteiger partial charge in [-0.25, -0.2) is 4.99 Å². The second-order valence-electron chi connectivity index (χ2n) is 7.68. The van der Waals surface area contributed by atoms with Crippen molar-refractivity contribution in [2.24, 2.45) is 4.99 Å². The lowest BCUT2D eigenvalue weighted by Crippen LogP contribution is -2.39. The molecule has 0 unspecified atom stereocenters. The predicted molar refractivity (Wildman–Crippen MR) is 129 cm³/mol. The summed E-state index contributed by atoms with van der Waals surface area (Å²) in [6, 6.07) is 15.3. The number of carbonyl (C=O) groups is 1. The summed E-state index contributed by atoms with van der Waals surface area (Å²) in [6.45, 7) is 3.37. The van der Waals surface area contributed by atoms with Crippen molar-refractivity contribution in [1.82, 2.24) is 4.57 Å². The van der Waals surface area contributed by atoms with Gasteiger partial charge in [-0.15, -0.1) is 0 Å². The Bertz CT molecular complexity index is 1380. The van der Waals surface area contributed by atoms with E-state index in [2.05, 4.69) is 20.9 Å². The van der Waals surface area contributed by atoms with Crippen LogP contribution in [0.5, 0.6) is 0 Å². The fourth-order valence-corrected chi connectivity index (χ4v) is 5.25. The van der Waals surface area contributed by atoms with E-state index in [4.69, 9.17) is 0 Å². The first-order valence-electron chi connectivity index (χ1n) is 9.82. The third-order valence-electron chi connectivity index (χ3n) is 5.27. The van der Waals surface area contributed by atoms with Gasteiger partial charge in [-0.2, -0.15) is 0 Å². The van der Waals surface area contributed by atoms with E-state index < -0.39 is 6.04 Å².